The molecule has 3 amide bonds. The van der Waals surface area contributed by atoms with Gasteiger partial charge in [0.1, 0.15) is 128 Å². The molecule has 6 rings (SSSR count). The topological polar surface area (TPSA) is 674 Å². The van der Waals surface area contributed by atoms with Gasteiger partial charge in [-0.15, -0.1) is 0 Å². The van der Waals surface area contributed by atoms with Gasteiger partial charge in [-0.05, 0) is 26.2 Å². The highest BCUT2D eigenvalue weighted by Gasteiger charge is 2.64. The number of aliphatic hydroxyl groups is 19. The zero-order chi connectivity index (χ0) is 92.4. The quantitative estimate of drug-likeness (QED) is 0.0207. The molecule has 0 aromatic carbocycles. The van der Waals surface area contributed by atoms with Crippen LogP contribution in [0.4, 0.5) is 0 Å². The second-order valence-electron chi connectivity index (χ2n) is 33.9. The summed E-state index contributed by atoms with van der Waals surface area (Å²) in [5.41, 5.74) is 0. The van der Waals surface area contributed by atoms with Gasteiger partial charge in [-0.2, -0.15) is 0 Å². The number of aliphatic carboxylic acids is 2. The van der Waals surface area contributed by atoms with E-state index in [1.54, 1.807) is 6.08 Å². The van der Waals surface area contributed by atoms with Crippen molar-refractivity contribution in [2.75, 3.05) is 46.2 Å². The molecule has 0 aliphatic carbocycles. The first-order chi connectivity index (χ1) is 59.6. The number of amides is 3. The number of hydrogen-bond donors (Lipinski definition) is 24. The van der Waals surface area contributed by atoms with Crippen molar-refractivity contribution in [2.45, 2.75) is 422 Å². The fraction of sp³-hybridized carbons (Fsp3) is 0.904. The fourth-order valence-electron chi connectivity index (χ4n) is 16.8. The van der Waals surface area contributed by atoms with E-state index in [1.165, 1.54) is 89.5 Å². The lowest BCUT2D eigenvalue weighted by Gasteiger charge is -2.53. The average Bonchev–Trinajstić information content (AvgIpc) is 0.744. The molecule has 0 radical (unpaired) electrons. The lowest BCUT2D eigenvalue weighted by molar-refractivity contribution is -0.407. The first-order valence-electron chi connectivity index (χ1n) is 44.4. The zero-order valence-corrected chi connectivity index (χ0v) is 72.3. The molecule has 0 saturated carbocycles. The van der Waals surface area contributed by atoms with Crippen LogP contribution in [0.2, 0.25) is 0 Å². The van der Waals surface area contributed by atoms with Crippen LogP contribution >= 0.6 is 0 Å². The molecule has 0 aromatic rings. The van der Waals surface area contributed by atoms with E-state index in [0.717, 1.165) is 85.0 Å². The number of carbonyl (C=O) groups excluding carboxylic acids is 4. The first-order valence-corrected chi connectivity index (χ1v) is 44.4. The number of nitrogens with one attached hydrogen (secondary N) is 3. The van der Waals surface area contributed by atoms with Crippen molar-refractivity contribution in [1.82, 2.24) is 16.0 Å². The second kappa shape index (κ2) is 55.1. The Hall–Kier alpha value is -4.48. The second-order valence-corrected chi connectivity index (χ2v) is 33.9. The minimum atomic E-state index is -3.68. The third kappa shape index (κ3) is 31.6. The van der Waals surface area contributed by atoms with Gasteiger partial charge >= 0.3 is 11.9 Å². The summed E-state index contributed by atoms with van der Waals surface area (Å²) in [6.07, 6.45) is -34.8. The van der Waals surface area contributed by atoms with Crippen molar-refractivity contribution in [1.29, 1.82) is 0 Å². The largest absolute Gasteiger partial charge is 0.477 e. The molecule has 726 valence electrons. The van der Waals surface area contributed by atoms with E-state index >= 15 is 0 Å². The minimum absolute atomic E-state index is 0.0879. The third-order valence-electron chi connectivity index (χ3n) is 23.9. The molecule has 0 spiro atoms. The predicted octanol–water partition coefficient (Wildman–Crippen LogP) is -3.56. The molecule has 6 fully saturated rings. The van der Waals surface area contributed by atoms with Gasteiger partial charge in [0.2, 0.25) is 17.7 Å². The van der Waals surface area contributed by atoms with Gasteiger partial charge in [0.15, 0.2) is 25.2 Å². The number of carbonyl (C=O) groups is 6. The molecule has 6 heterocycles. The molecule has 125 heavy (non-hydrogen) atoms. The Morgan fingerprint density at radius 1 is 0.456 bits per heavy atom. The Labute approximate surface area is 728 Å². The summed E-state index contributed by atoms with van der Waals surface area (Å²) < 4.78 is 72.4. The maximum absolute atomic E-state index is 14.4. The third-order valence-corrected chi connectivity index (χ3v) is 23.9. The summed E-state index contributed by atoms with van der Waals surface area (Å²) in [6, 6.07) is -5.10. The number of ketones is 1. The molecule has 6 aliphatic heterocycles. The van der Waals surface area contributed by atoms with Crippen LogP contribution in [0.15, 0.2) is 12.2 Å². The van der Waals surface area contributed by atoms with Crippen LogP contribution in [0, 0.1) is 5.92 Å². The monoisotopic (exact) mass is 1810 g/mol. The maximum Gasteiger partial charge on any atom is 0.364 e. The first kappa shape index (κ1) is 109. The van der Waals surface area contributed by atoms with Gasteiger partial charge in [-0.25, -0.2) is 9.59 Å². The lowest BCUT2D eigenvalue weighted by Crippen LogP contribution is -2.72. The number of carboxylic acids is 2. The van der Waals surface area contributed by atoms with Crippen molar-refractivity contribution in [3.05, 3.63) is 12.2 Å². The Morgan fingerprint density at radius 2 is 0.888 bits per heavy atom. The number of hydrogen-bond acceptors (Lipinski definition) is 37. The average molecular weight is 1810 g/mol. The number of rotatable bonds is 58. The molecule has 0 bridgehead atoms. The number of aliphatic hydroxyl groups excluding tert-OH is 19. The number of carboxylic acid groups (broad SMARTS) is 2. The summed E-state index contributed by atoms with van der Waals surface area (Å²) in [5.74, 6) is -16.5. The maximum atomic E-state index is 14.4. The summed E-state index contributed by atoms with van der Waals surface area (Å²) in [5, 5.41) is 245. The van der Waals surface area contributed by atoms with E-state index in [1.807, 2.05) is 0 Å². The number of unbranched alkanes of at least 4 members (excludes halogenated alkanes) is 23. The van der Waals surface area contributed by atoms with Gasteiger partial charge in [-0.1, -0.05) is 167 Å². The Balaban J connectivity index is 1.35. The van der Waals surface area contributed by atoms with Crippen LogP contribution in [0.25, 0.3) is 0 Å². The van der Waals surface area contributed by atoms with E-state index in [0.29, 0.717) is 12.8 Å². The van der Waals surface area contributed by atoms with Crippen molar-refractivity contribution < 1.29 is 193 Å². The molecule has 24 N–H and O–H groups in total. The van der Waals surface area contributed by atoms with Crippen molar-refractivity contribution in [3.63, 3.8) is 0 Å². The Kier molecular flexibility index (Phi) is 48.2. The molecule has 6 saturated heterocycles. The molecular formula is C83H145N3O39. The molecule has 0 aromatic heterocycles. The highest BCUT2D eigenvalue weighted by molar-refractivity contribution is 5.78. The normalized spacial score (nSPS) is 35.5. The van der Waals surface area contributed by atoms with Crippen molar-refractivity contribution in [2.24, 2.45) is 5.92 Å². The van der Waals surface area contributed by atoms with Crippen LogP contribution < -0.4 is 16.0 Å². The molecule has 34 atom stereocenters. The fourth-order valence-corrected chi connectivity index (χ4v) is 16.8. The summed E-state index contributed by atoms with van der Waals surface area (Å²) in [7, 11) is 0. The van der Waals surface area contributed by atoms with E-state index < -0.39 is 308 Å². The van der Waals surface area contributed by atoms with Crippen LogP contribution in [-0.4, -0.2) is 390 Å². The molecule has 42 nitrogen and oxygen atoms in total. The van der Waals surface area contributed by atoms with Crippen LogP contribution in [-0.2, 0) is 85.6 Å². The summed E-state index contributed by atoms with van der Waals surface area (Å²) in [4.78, 5) is 80.4. The van der Waals surface area contributed by atoms with Gasteiger partial charge in [0.05, 0.1) is 88.8 Å². The van der Waals surface area contributed by atoms with Gasteiger partial charge in [0, 0.05) is 45.4 Å². The van der Waals surface area contributed by atoms with Gasteiger partial charge < -0.3 is 185 Å². The Bertz CT molecular complexity index is 3160. The standard InChI is InChI=1S/C83H145N3O39/c1-6-8-10-12-14-16-18-20-22-24-26-28-30-32-49(96)48(86-58(100)33-31-29-27-25-23-21-19-17-15-13-11-9-7-2)43-114-77-68(108)66(106)71(56(41-91)117-77)120-79-69(109)75(72(57(42-92)118-79)121-76-47(34-44(3)93)70(63(103)54(39-89)115-76)119-78-67(107)65(105)62(102)53(38-88)116-78)125-83(81(112)113)36-51(98)60(85-46(5)95)74(124-83)64(104)55(40-90)122-82(80(110)111)35-50(97)59(84-45(4)94)73(123-82)61(101)52(99)37-87/h30,32,47-57,59-79,87-92,96-99,101-109H,6-29,31,33-43H2,1-5H3,(H,84,94)(H,85,95)(H,86,100)(H,110,111)(H,112,113)/b32-30-/t47-,48+,49-,50+,51+,52-,53-,54-,55-,56-,57-,59-,60-,61-,62+,63+,64-,65+,66-,67-,68-,69-,70-,71-,72+,73?,74?,75-,76+,77-,78+,79+,82-,83+/m1/s1. The van der Waals surface area contributed by atoms with Crippen LogP contribution in [0.5, 0.6) is 0 Å². The number of allylic oxidation sites excluding steroid dienone is 1. The van der Waals surface area contributed by atoms with E-state index in [9.17, 15) is 136 Å². The van der Waals surface area contributed by atoms with Crippen molar-refractivity contribution >= 4 is 35.4 Å². The van der Waals surface area contributed by atoms with E-state index in [4.69, 9.17) is 56.8 Å². The predicted molar refractivity (Wildman–Crippen MR) is 432 cm³/mol. The molecule has 42 heteroatoms. The molecule has 6 aliphatic rings. The van der Waals surface area contributed by atoms with Gasteiger partial charge in [-0.3, -0.25) is 14.4 Å². The van der Waals surface area contributed by atoms with E-state index in [2.05, 4.69) is 29.8 Å². The molecular weight excluding hydrogens is 1660 g/mol. The van der Waals surface area contributed by atoms with Crippen LogP contribution in [0.3, 0.4) is 0 Å². The van der Waals surface area contributed by atoms with Crippen LogP contribution in [0.1, 0.15) is 221 Å². The SMILES string of the molecule is CCCCCCCCCCCCC/C=C\[C@@H](O)[C@H](CO[C@@H]1O[C@H](CO)[C@@H](O[C@@H]2O[C@H](CO)[C@H](O[C@@H]3O[C@H](CO)[C@H](O)[C@H](O[C@@H]4O[C@H](CO)[C@H](O)[C@H](O)[C@H]4O)[C@H]3CC(C)=O)[C@H](O[C@]3(C(=O)O)C[C@H](O)[C@@H](NC(C)=O)C([C@H](O)[C@@H](CO)O[C@]4(C(=O)O)C[C@H](O)[C@@H](NC(C)=O)C([C@H](O)[C@H](O)CO)O4)O3)[C@H]2O)[C@H](O)[C@H]1O)NC(=O)CCCCCCCCCCCCCCC. The Morgan fingerprint density at radius 3 is 1.38 bits per heavy atom. The summed E-state index contributed by atoms with van der Waals surface area (Å²) in [6.45, 7) is -0.814. The van der Waals surface area contributed by atoms with Gasteiger partial charge in [0.25, 0.3) is 11.6 Å². The highest BCUT2D eigenvalue weighted by atomic mass is 16.8. The number of ether oxygens (including phenoxy) is 12. The smallest absolute Gasteiger partial charge is 0.364 e. The number of Topliss-reactive ketones (excluding diaryl/α,β-unsaturated/α-hetero) is 1. The molecule has 2 unspecified atom stereocenters. The van der Waals surface area contributed by atoms with Crippen molar-refractivity contribution in [3.8, 4) is 0 Å². The van der Waals surface area contributed by atoms with E-state index in [-0.39, 0.29) is 6.42 Å². The summed E-state index contributed by atoms with van der Waals surface area (Å²) >= 11 is 0. The lowest BCUT2D eigenvalue weighted by atomic mass is 9.86. The highest BCUT2D eigenvalue weighted by Crippen LogP contribution is 2.44. The zero-order valence-electron chi connectivity index (χ0n) is 72.3. The minimum Gasteiger partial charge on any atom is -0.477 e.